The third-order valence-electron chi connectivity index (χ3n) is 3.77. The number of likely N-dealkylation sites (tertiary alicyclic amines) is 1. The molecule has 0 radical (unpaired) electrons. The molecule has 1 fully saturated rings. The van der Waals surface area contributed by atoms with Crippen molar-refractivity contribution in [2.75, 3.05) is 26.2 Å². The molecule has 0 aromatic heterocycles. The molecule has 2 rings (SSSR count). The Balaban J connectivity index is 1.64. The number of benzene rings is 1. The molecule has 0 aliphatic carbocycles. The van der Waals surface area contributed by atoms with Crippen LogP contribution in [-0.4, -0.2) is 48.2 Å². The quantitative estimate of drug-likeness (QED) is 0.803. The lowest BCUT2D eigenvalue weighted by atomic mass is 10.1. The normalized spacial score (nSPS) is 17.1. The molecule has 1 aliphatic heterocycles. The van der Waals surface area contributed by atoms with Crippen LogP contribution in [0.4, 0.5) is 0 Å². The molecule has 4 heteroatoms. The molecule has 1 aromatic carbocycles. The first-order valence-electron chi connectivity index (χ1n) is 7.40. The van der Waals surface area contributed by atoms with E-state index in [4.69, 9.17) is 0 Å². The van der Waals surface area contributed by atoms with Crippen LogP contribution < -0.4 is 5.32 Å². The molecule has 1 aliphatic rings. The van der Waals surface area contributed by atoms with E-state index in [-0.39, 0.29) is 12.0 Å². The molecule has 1 amide bonds. The summed E-state index contributed by atoms with van der Waals surface area (Å²) in [6, 6.07) is 7.64. The SMILES string of the molecule is Cc1cccc(C(=O)NCCCN2CCC(O)CC2)c1. The zero-order valence-electron chi connectivity index (χ0n) is 12.1. The van der Waals surface area contributed by atoms with E-state index < -0.39 is 0 Å². The lowest BCUT2D eigenvalue weighted by Crippen LogP contribution is -2.37. The predicted octanol–water partition coefficient (Wildman–Crippen LogP) is 1.57. The first-order chi connectivity index (χ1) is 9.65. The topological polar surface area (TPSA) is 52.6 Å². The van der Waals surface area contributed by atoms with Gasteiger partial charge in [0.05, 0.1) is 6.10 Å². The van der Waals surface area contributed by atoms with Crippen molar-refractivity contribution in [1.29, 1.82) is 0 Å². The largest absolute Gasteiger partial charge is 0.393 e. The lowest BCUT2D eigenvalue weighted by Gasteiger charge is -2.29. The van der Waals surface area contributed by atoms with Crippen LogP contribution in [0.15, 0.2) is 24.3 Å². The van der Waals surface area contributed by atoms with Crippen molar-refractivity contribution in [1.82, 2.24) is 10.2 Å². The molecular formula is C16H24N2O2. The molecule has 2 N–H and O–H groups in total. The number of nitrogens with zero attached hydrogens (tertiary/aromatic N) is 1. The van der Waals surface area contributed by atoms with Gasteiger partial charge in [-0.1, -0.05) is 17.7 Å². The van der Waals surface area contributed by atoms with Gasteiger partial charge in [0.25, 0.3) is 5.91 Å². The number of aliphatic hydroxyl groups excluding tert-OH is 1. The van der Waals surface area contributed by atoms with Gasteiger partial charge in [-0.25, -0.2) is 0 Å². The second kappa shape index (κ2) is 7.41. The van der Waals surface area contributed by atoms with Crippen LogP contribution in [-0.2, 0) is 0 Å². The van der Waals surface area contributed by atoms with Crippen LogP contribution >= 0.6 is 0 Å². The Morgan fingerprint density at radius 1 is 1.40 bits per heavy atom. The number of aliphatic hydroxyl groups is 1. The standard InChI is InChI=1S/C16H24N2O2/c1-13-4-2-5-14(12-13)16(20)17-8-3-9-18-10-6-15(19)7-11-18/h2,4-5,12,15,19H,3,6-11H2,1H3,(H,17,20). The number of aryl methyl sites for hydroxylation is 1. The number of piperidine rings is 1. The lowest BCUT2D eigenvalue weighted by molar-refractivity contribution is 0.0816. The summed E-state index contributed by atoms with van der Waals surface area (Å²) in [6.07, 6.45) is 2.58. The van der Waals surface area contributed by atoms with E-state index >= 15 is 0 Å². The number of amides is 1. The molecule has 20 heavy (non-hydrogen) atoms. The van der Waals surface area contributed by atoms with Gasteiger partial charge in [0, 0.05) is 25.2 Å². The van der Waals surface area contributed by atoms with E-state index in [1.54, 1.807) is 0 Å². The molecular weight excluding hydrogens is 252 g/mol. The number of rotatable bonds is 5. The Morgan fingerprint density at radius 3 is 2.85 bits per heavy atom. The van der Waals surface area contributed by atoms with Crippen LogP contribution in [0.25, 0.3) is 0 Å². The van der Waals surface area contributed by atoms with Gasteiger partial charge in [0.1, 0.15) is 0 Å². The van der Waals surface area contributed by atoms with Gasteiger partial charge < -0.3 is 15.3 Å². The molecule has 4 nitrogen and oxygen atoms in total. The highest BCUT2D eigenvalue weighted by Crippen LogP contribution is 2.09. The minimum absolute atomic E-state index is 0.00256. The molecule has 1 aromatic rings. The van der Waals surface area contributed by atoms with E-state index in [0.29, 0.717) is 6.54 Å². The van der Waals surface area contributed by atoms with E-state index in [9.17, 15) is 9.90 Å². The fourth-order valence-electron chi connectivity index (χ4n) is 2.54. The van der Waals surface area contributed by atoms with E-state index in [1.165, 1.54) is 0 Å². The van der Waals surface area contributed by atoms with Gasteiger partial charge in [-0.2, -0.15) is 0 Å². The predicted molar refractivity (Wildman–Crippen MR) is 79.8 cm³/mol. The molecule has 110 valence electrons. The van der Waals surface area contributed by atoms with Crippen molar-refractivity contribution in [3.63, 3.8) is 0 Å². The maximum atomic E-state index is 11.9. The number of hydrogen-bond donors (Lipinski definition) is 2. The van der Waals surface area contributed by atoms with Gasteiger partial charge in [-0.05, 0) is 44.9 Å². The Hall–Kier alpha value is -1.39. The van der Waals surface area contributed by atoms with Crippen LogP contribution in [0.2, 0.25) is 0 Å². The monoisotopic (exact) mass is 276 g/mol. The second-order valence-electron chi connectivity index (χ2n) is 5.55. The van der Waals surface area contributed by atoms with Crippen molar-refractivity contribution in [3.8, 4) is 0 Å². The fourth-order valence-corrected chi connectivity index (χ4v) is 2.54. The molecule has 1 saturated heterocycles. The van der Waals surface area contributed by atoms with Gasteiger partial charge in [0.15, 0.2) is 0 Å². The molecule has 0 saturated carbocycles. The highest BCUT2D eigenvalue weighted by molar-refractivity contribution is 5.94. The molecule has 0 unspecified atom stereocenters. The average molecular weight is 276 g/mol. The fraction of sp³-hybridized carbons (Fsp3) is 0.562. The molecule has 0 spiro atoms. The first-order valence-corrected chi connectivity index (χ1v) is 7.40. The highest BCUT2D eigenvalue weighted by Gasteiger charge is 2.16. The van der Waals surface area contributed by atoms with Crippen molar-refractivity contribution in [2.45, 2.75) is 32.3 Å². The van der Waals surface area contributed by atoms with Crippen molar-refractivity contribution >= 4 is 5.91 Å². The average Bonchev–Trinajstić information content (AvgIpc) is 2.45. The van der Waals surface area contributed by atoms with Crippen molar-refractivity contribution in [2.24, 2.45) is 0 Å². The Morgan fingerprint density at radius 2 is 2.15 bits per heavy atom. The summed E-state index contributed by atoms with van der Waals surface area (Å²) in [5.41, 5.74) is 1.83. The first kappa shape index (κ1) is 15.0. The second-order valence-corrected chi connectivity index (χ2v) is 5.55. The van der Waals surface area contributed by atoms with Crippen molar-refractivity contribution in [3.05, 3.63) is 35.4 Å². The van der Waals surface area contributed by atoms with Crippen LogP contribution in [0.3, 0.4) is 0 Å². The summed E-state index contributed by atoms with van der Waals surface area (Å²) in [5, 5.41) is 12.4. The van der Waals surface area contributed by atoms with E-state index in [1.807, 2.05) is 31.2 Å². The number of nitrogens with one attached hydrogen (secondary N) is 1. The summed E-state index contributed by atoms with van der Waals surface area (Å²) in [7, 11) is 0. The zero-order chi connectivity index (χ0) is 14.4. The highest BCUT2D eigenvalue weighted by atomic mass is 16.3. The molecule has 0 atom stereocenters. The summed E-state index contributed by atoms with van der Waals surface area (Å²) in [5.74, 6) is 0.00256. The summed E-state index contributed by atoms with van der Waals surface area (Å²) in [4.78, 5) is 14.3. The van der Waals surface area contributed by atoms with E-state index in [0.717, 1.165) is 50.0 Å². The van der Waals surface area contributed by atoms with Crippen LogP contribution in [0.5, 0.6) is 0 Å². The minimum atomic E-state index is -0.118. The summed E-state index contributed by atoms with van der Waals surface area (Å²) in [6.45, 7) is 5.61. The Labute approximate surface area is 120 Å². The Bertz CT molecular complexity index is 440. The van der Waals surface area contributed by atoms with E-state index in [2.05, 4.69) is 10.2 Å². The van der Waals surface area contributed by atoms with Crippen LogP contribution in [0.1, 0.15) is 35.2 Å². The summed E-state index contributed by atoms with van der Waals surface area (Å²) < 4.78 is 0. The van der Waals surface area contributed by atoms with Gasteiger partial charge >= 0.3 is 0 Å². The number of carbonyl (C=O) groups is 1. The maximum absolute atomic E-state index is 11.9. The smallest absolute Gasteiger partial charge is 0.251 e. The van der Waals surface area contributed by atoms with Crippen molar-refractivity contribution < 1.29 is 9.90 Å². The Kier molecular flexibility index (Phi) is 5.56. The van der Waals surface area contributed by atoms with Gasteiger partial charge in [0.2, 0.25) is 0 Å². The number of carbonyl (C=O) groups excluding carboxylic acids is 1. The minimum Gasteiger partial charge on any atom is -0.393 e. The summed E-state index contributed by atoms with van der Waals surface area (Å²) >= 11 is 0. The third-order valence-corrected chi connectivity index (χ3v) is 3.77. The maximum Gasteiger partial charge on any atom is 0.251 e. The van der Waals surface area contributed by atoms with Gasteiger partial charge in [-0.15, -0.1) is 0 Å². The molecule has 1 heterocycles. The molecule has 0 bridgehead atoms. The third kappa shape index (κ3) is 4.62. The van der Waals surface area contributed by atoms with Crippen LogP contribution in [0, 0.1) is 6.92 Å². The number of hydrogen-bond acceptors (Lipinski definition) is 3. The zero-order valence-corrected chi connectivity index (χ0v) is 12.1. The van der Waals surface area contributed by atoms with Gasteiger partial charge in [-0.3, -0.25) is 4.79 Å².